The SMILES string of the molecule is C=CCOc1ccccc1C(=O)N/N=C/c1cc(OC)c(O)c(OC)c1. The molecule has 2 rings (SSSR count). The summed E-state index contributed by atoms with van der Waals surface area (Å²) >= 11 is 0. The molecular formula is C19H20N2O5. The number of hydrazone groups is 1. The summed E-state index contributed by atoms with van der Waals surface area (Å²) in [6.07, 6.45) is 3.01. The van der Waals surface area contributed by atoms with E-state index >= 15 is 0 Å². The third-order valence-corrected chi connectivity index (χ3v) is 3.37. The van der Waals surface area contributed by atoms with Crippen molar-refractivity contribution in [2.75, 3.05) is 20.8 Å². The molecule has 0 aliphatic heterocycles. The van der Waals surface area contributed by atoms with Crippen LogP contribution in [0.3, 0.4) is 0 Å². The van der Waals surface area contributed by atoms with Crippen molar-refractivity contribution in [1.29, 1.82) is 0 Å². The highest BCUT2D eigenvalue weighted by atomic mass is 16.5. The van der Waals surface area contributed by atoms with E-state index in [0.717, 1.165) is 0 Å². The van der Waals surface area contributed by atoms with E-state index in [1.54, 1.807) is 42.5 Å². The zero-order valence-electron chi connectivity index (χ0n) is 14.6. The van der Waals surface area contributed by atoms with E-state index in [1.807, 2.05) is 0 Å². The molecule has 2 aromatic rings. The smallest absolute Gasteiger partial charge is 0.275 e. The van der Waals surface area contributed by atoms with E-state index in [-0.39, 0.29) is 17.2 Å². The van der Waals surface area contributed by atoms with Crippen LogP contribution in [0.2, 0.25) is 0 Å². The van der Waals surface area contributed by atoms with Crippen LogP contribution < -0.4 is 19.6 Å². The Morgan fingerprint density at radius 3 is 2.46 bits per heavy atom. The first-order valence-corrected chi connectivity index (χ1v) is 7.71. The normalized spacial score (nSPS) is 10.4. The highest BCUT2D eigenvalue weighted by Crippen LogP contribution is 2.36. The van der Waals surface area contributed by atoms with Crippen LogP contribution in [-0.4, -0.2) is 38.1 Å². The molecule has 0 bridgehead atoms. The highest BCUT2D eigenvalue weighted by molar-refractivity contribution is 5.97. The molecule has 7 heteroatoms. The number of phenolic OH excluding ortho intramolecular Hbond substituents is 1. The van der Waals surface area contributed by atoms with Gasteiger partial charge in [-0.05, 0) is 24.3 Å². The molecule has 2 N–H and O–H groups in total. The van der Waals surface area contributed by atoms with Crippen molar-refractivity contribution in [3.63, 3.8) is 0 Å². The number of benzene rings is 2. The Hall–Kier alpha value is -3.48. The molecule has 0 unspecified atom stereocenters. The minimum Gasteiger partial charge on any atom is -0.502 e. The van der Waals surface area contributed by atoms with Crippen LogP contribution in [0.4, 0.5) is 0 Å². The van der Waals surface area contributed by atoms with Gasteiger partial charge in [-0.2, -0.15) is 5.10 Å². The first-order valence-electron chi connectivity index (χ1n) is 7.71. The number of hydrogen-bond donors (Lipinski definition) is 2. The van der Waals surface area contributed by atoms with Gasteiger partial charge >= 0.3 is 0 Å². The molecule has 26 heavy (non-hydrogen) atoms. The third kappa shape index (κ3) is 4.54. The minimum atomic E-state index is -0.418. The Morgan fingerprint density at radius 2 is 1.85 bits per heavy atom. The Morgan fingerprint density at radius 1 is 1.19 bits per heavy atom. The maximum absolute atomic E-state index is 12.3. The van der Waals surface area contributed by atoms with Gasteiger partial charge in [-0.15, -0.1) is 0 Å². The van der Waals surface area contributed by atoms with Gasteiger partial charge in [0.05, 0.1) is 26.0 Å². The van der Waals surface area contributed by atoms with Crippen molar-refractivity contribution in [2.45, 2.75) is 0 Å². The summed E-state index contributed by atoms with van der Waals surface area (Å²) in [6, 6.07) is 9.96. The summed E-state index contributed by atoms with van der Waals surface area (Å²) in [5, 5.41) is 13.8. The number of methoxy groups -OCH3 is 2. The molecule has 136 valence electrons. The van der Waals surface area contributed by atoms with E-state index < -0.39 is 5.91 Å². The fourth-order valence-corrected chi connectivity index (χ4v) is 2.14. The standard InChI is InChI=1S/C19H20N2O5/c1-4-9-26-15-8-6-5-7-14(15)19(23)21-20-12-13-10-16(24-2)18(22)17(11-13)25-3/h4-8,10-12,22H,1,9H2,2-3H3,(H,21,23)/b20-12+. The van der Waals surface area contributed by atoms with E-state index in [9.17, 15) is 9.90 Å². The van der Waals surface area contributed by atoms with E-state index in [0.29, 0.717) is 23.5 Å². The van der Waals surface area contributed by atoms with Crippen LogP contribution in [0.15, 0.2) is 54.2 Å². The molecule has 0 heterocycles. The lowest BCUT2D eigenvalue weighted by atomic mass is 10.2. The van der Waals surface area contributed by atoms with Crippen LogP contribution in [0.25, 0.3) is 0 Å². The topological polar surface area (TPSA) is 89.4 Å². The average Bonchev–Trinajstić information content (AvgIpc) is 2.67. The van der Waals surface area contributed by atoms with Crippen molar-refractivity contribution in [1.82, 2.24) is 5.43 Å². The Labute approximate surface area is 151 Å². The number of amides is 1. The second-order valence-electron chi connectivity index (χ2n) is 5.07. The van der Waals surface area contributed by atoms with E-state index in [1.165, 1.54) is 20.4 Å². The molecule has 0 radical (unpaired) electrons. The maximum atomic E-state index is 12.3. The third-order valence-electron chi connectivity index (χ3n) is 3.37. The molecule has 0 saturated carbocycles. The molecule has 2 aromatic carbocycles. The lowest BCUT2D eigenvalue weighted by molar-refractivity contribution is 0.0951. The van der Waals surface area contributed by atoms with Gasteiger partial charge in [0.25, 0.3) is 5.91 Å². The second-order valence-corrected chi connectivity index (χ2v) is 5.07. The molecule has 0 aliphatic carbocycles. The van der Waals surface area contributed by atoms with Crippen molar-refractivity contribution in [3.05, 3.63) is 60.2 Å². The van der Waals surface area contributed by atoms with Gasteiger partial charge in [-0.25, -0.2) is 5.43 Å². The molecule has 0 saturated heterocycles. The molecule has 0 aromatic heterocycles. The lowest BCUT2D eigenvalue weighted by Gasteiger charge is -2.09. The summed E-state index contributed by atoms with van der Waals surface area (Å²) < 4.78 is 15.6. The number of phenols is 1. The summed E-state index contributed by atoms with van der Waals surface area (Å²) in [5.41, 5.74) is 3.37. The molecule has 7 nitrogen and oxygen atoms in total. The fourth-order valence-electron chi connectivity index (χ4n) is 2.14. The fraction of sp³-hybridized carbons (Fsp3) is 0.158. The summed E-state index contributed by atoms with van der Waals surface area (Å²) in [4.78, 5) is 12.3. The van der Waals surface area contributed by atoms with Gasteiger partial charge in [-0.1, -0.05) is 24.8 Å². The number of carbonyl (C=O) groups is 1. The average molecular weight is 356 g/mol. The summed E-state index contributed by atoms with van der Waals surface area (Å²) in [7, 11) is 2.86. The number of ether oxygens (including phenoxy) is 3. The lowest BCUT2D eigenvalue weighted by Crippen LogP contribution is -2.18. The van der Waals surface area contributed by atoms with Gasteiger partial charge in [0, 0.05) is 5.56 Å². The number of aromatic hydroxyl groups is 1. The molecular weight excluding hydrogens is 336 g/mol. The van der Waals surface area contributed by atoms with Gasteiger partial charge in [0.15, 0.2) is 11.5 Å². The number of carbonyl (C=O) groups excluding carboxylic acids is 1. The zero-order chi connectivity index (χ0) is 18.9. The quantitative estimate of drug-likeness (QED) is 0.431. The van der Waals surface area contributed by atoms with Gasteiger partial charge < -0.3 is 19.3 Å². The molecule has 0 spiro atoms. The summed E-state index contributed by atoms with van der Waals surface area (Å²) in [5.74, 6) is 0.386. The predicted octanol–water partition coefficient (Wildman–Crippen LogP) is 2.74. The Bertz CT molecular complexity index is 792. The number of hydrogen-bond acceptors (Lipinski definition) is 6. The highest BCUT2D eigenvalue weighted by Gasteiger charge is 2.12. The molecule has 1 amide bonds. The molecule has 0 atom stereocenters. The van der Waals surface area contributed by atoms with Crippen LogP contribution in [-0.2, 0) is 0 Å². The monoisotopic (exact) mass is 356 g/mol. The number of nitrogens with zero attached hydrogens (tertiary/aromatic N) is 1. The minimum absolute atomic E-state index is 0.107. The van der Waals surface area contributed by atoms with E-state index in [2.05, 4.69) is 17.1 Å². The second kappa shape index (κ2) is 9.12. The van der Waals surface area contributed by atoms with Crippen molar-refractivity contribution in [2.24, 2.45) is 5.10 Å². The van der Waals surface area contributed by atoms with Crippen molar-refractivity contribution < 1.29 is 24.1 Å². The number of rotatable bonds is 8. The largest absolute Gasteiger partial charge is 0.502 e. The van der Waals surface area contributed by atoms with Gasteiger partial charge in [0.1, 0.15) is 12.4 Å². The number of para-hydroxylation sites is 1. The predicted molar refractivity (Wildman–Crippen MR) is 98.4 cm³/mol. The van der Waals surface area contributed by atoms with Crippen LogP contribution >= 0.6 is 0 Å². The van der Waals surface area contributed by atoms with Crippen LogP contribution in [0, 0.1) is 0 Å². The Balaban J connectivity index is 2.14. The Kier molecular flexibility index (Phi) is 6.61. The van der Waals surface area contributed by atoms with Crippen LogP contribution in [0.5, 0.6) is 23.0 Å². The van der Waals surface area contributed by atoms with Crippen molar-refractivity contribution >= 4 is 12.1 Å². The molecule has 0 fully saturated rings. The number of nitrogens with one attached hydrogen (secondary N) is 1. The van der Waals surface area contributed by atoms with Gasteiger partial charge in [0.2, 0.25) is 5.75 Å². The van der Waals surface area contributed by atoms with Crippen molar-refractivity contribution in [3.8, 4) is 23.0 Å². The first-order chi connectivity index (χ1) is 12.6. The van der Waals surface area contributed by atoms with Gasteiger partial charge in [-0.3, -0.25) is 4.79 Å². The molecule has 0 aliphatic rings. The van der Waals surface area contributed by atoms with E-state index in [4.69, 9.17) is 14.2 Å². The zero-order valence-corrected chi connectivity index (χ0v) is 14.6. The maximum Gasteiger partial charge on any atom is 0.275 e. The summed E-state index contributed by atoms with van der Waals surface area (Å²) in [6.45, 7) is 3.87. The van der Waals surface area contributed by atoms with Crippen LogP contribution in [0.1, 0.15) is 15.9 Å². The first kappa shape index (κ1) is 18.9.